The van der Waals surface area contributed by atoms with Crippen LogP contribution in [0.2, 0.25) is 0 Å². The summed E-state index contributed by atoms with van der Waals surface area (Å²) in [4.78, 5) is 31.1. The van der Waals surface area contributed by atoms with Crippen molar-refractivity contribution >= 4 is 33.2 Å². The number of likely N-dealkylation sites (tertiary alicyclic amines) is 1. The average Bonchev–Trinajstić information content (AvgIpc) is 2.69. The number of nitrogens with one attached hydrogen (secondary N) is 1. The summed E-state index contributed by atoms with van der Waals surface area (Å²) in [7, 11) is -3.37. The molecule has 1 aromatic heterocycles. The molecule has 154 valence electrons. The zero-order chi connectivity index (χ0) is 21.2. The molecule has 0 unspecified atom stereocenters. The van der Waals surface area contributed by atoms with Crippen molar-refractivity contribution in [2.24, 2.45) is 0 Å². The van der Waals surface area contributed by atoms with E-state index in [0.717, 1.165) is 19.1 Å². The summed E-state index contributed by atoms with van der Waals surface area (Å²) >= 11 is 0. The average molecular weight is 417 g/mol. The fraction of sp³-hybridized carbons (Fsp3) is 0.350. The summed E-state index contributed by atoms with van der Waals surface area (Å²) in [5.41, 5.74) is 7.48. The Morgan fingerprint density at radius 3 is 2.69 bits per heavy atom. The topological polar surface area (TPSA) is 122 Å². The Morgan fingerprint density at radius 2 is 2.00 bits per heavy atom. The van der Waals surface area contributed by atoms with Gasteiger partial charge in [0.15, 0.2) is 9.84 Å². The molecule has 1 aliphatic rings. The van der Waals surface area contributed by atoms with E-state index in [1.54, 1.807) is 31.2 Å². The molecule has 1 fully saturated rings. The molecule has 9 heteroatoms. The second-order valence-corrected chi connectivity index (χ2v) is 9.25. The monoisotopic (exact) mass is 416 g/mol. The maximum atomic E-state index is 12.9. The number of nitrogens with zero attached hydrogens (tertiary/aromatic N) is 2. The molecule has 8 nitrogen and oxygen atoms in total. The SMILES string of the molecule is Cc1cc(NC(=O)C(=O)N2CCCC[C@H]2c2cccc(S(C)(=O)=O)c2)cnc1N. The fourth-order valence-electron chi connectivity index (χ4n) is 3.44. The first-order valence-electron chi connectivity index (χ1n) is 9.31. The molecule has 2 heterocycles. The number of amides is 2. The van der Waals surface area contributed by atoms with E-state index >= 15 is 0 Å². The molecule has 1 aliphatic heterocycles. The molecule has 1 atom stereocenters. The van der Waals surface area contributed by atoms with Crippen LogP contribution < -0.4 is 11.1 Å². The normalized spacial score (nSPS) is 17.0. The second kappa shape index (κ2) is 8.20. The second-order valence-electron chi connectivity index (χ2n) is 7.24. The lowest BCUT2D eigenvalue weighted by molar-refractivity contribution is -0.145. The minimum Gasteiger partial charge on any atom is -0.383 e. The Hall–Kier alpha value is -2.94. The molecule has 0 radical (unpaired) electrons. The van der Waals surface area contributed by atoms with E-state index in [-0.39, 0.29) is 10.9 Å². The number of pyridine rings is 1. The van der Waals surface area contributed by atoms with Gasteiger partial charge in [0.25, 0.3) is 0 Å². The zero-order valence-electron chi connectivity index (χ0n) is 16.4. The lowest BCUT2D eigenvalue weighted by Gasteiger charge is -2.35. The Labute approximate surface area is 170 Å². The van der Waals surface area contributed by atoms with E-state index in [0.29, 0.717) is 35.6 Å². The summed E-state index contributed by atoms with van der Waals surface area (Å²) in [5.74, 6) is -1.06. The number of anilines is 2. The third kappa shape index (κ3) is 4.73. The van der Waals surface area contributed by atoms with Crippen LogP contribution in [0.15, 0.2) is 41.4 Å². The molecule has 0 spiro atoms. The van der Waals surface area contributed by atoms with Crippen molar-refractivity contribution in [1.29, 1.82) is 0 Å². The summed E-state index contributed by atoms with van der Waals surface area (Å²) in [6.45, 7) is 2.19. The molecule has 0 aliphatic carbocycles. The Balaban J connectivity index is 1.82. The minimum atomic E-state index is -3.37. The number of hydrogen-bond acceptors (Lipinski definition) is 6. The Morgan fingerprint density at radius 1 is 1.24 bits per heavy atom. The van der Waals surface area contributed by atoms with E-state index in [2.05, 4.69) is 10.3 Å². The van der Waals surface area contributed by atoms with Gasteiger partial charge in [-0.25, -0.2) is 13.4 Å². The smallest absolute Gasteiger partial charge is 0.313 e. The van der Waals surface area contributed by atoms with E-state index in [1.165, 1.54) is 17.2 Å². The van der Waals surface area contributed by atoms with E-state index < -0.39 is 21.7 Å². The highest BCUT2D eigenvalue weighted by Gasteiger charge is 2.32. The van der Waals surface area contributed by atoms with Crippen molar-refractivity contribution in [3.63, 3.8) is 0 Å². The number of rotatable bonds is 3. The van der Waals surface area contributed by atoms with Crippen LogP contribution >= 0.6 is 0 Å². The van der Waals surface area contributed by atoms with Gasteiger partial charge in [0, 0.05) is 12.8 Å². The van der Waals surface area contributed by atoms with Gasteiger partial charge in [-0.2, -0.15) is 0 Å². The molecule has 29 heavy (non-hydrogen) atoms. The van der Waals surface area contributed by atoms with E-state index in [4.69, 9.17) is 5.73 Å². The first kappa shape index (κ1) is 20.8. The van der Waals surface area contributed by atoms with Crippen LogP contribution in [-0.2, 0) is 19.4 Å². The number of piperidine rings is 1. The number of aromatic nitrogens is 1. The number of nitrogen functional groups attached to an aromatic ring is 1. The van der Waals surface area contributed by atoms with Gasteiger partial charge in [-0.3, -0.25) is 9.59 Å². The zero-order valence-corrected chi connectivity index (χ0v) is 17.2. The maximum absolute atomic E-state index is 12.9. The predicted octanol–water partition coefficient (Wildman–Crippen LogP) is 2.07. The van der Waals surface area contributed by atoms with Gasteiger partial charge >= 0.3 is 11.8 Å². The minimum absolute atomic E-state index is 0.195. The van der Waals surface area contributed by atoms with Gasteiger partial charge in [-0.1, -0.05) is 12.1 Å². The molecule has 1 saturated heterocycles. The molecule has 3 rings (SSSR count). The van der Waals surface area contributed by atoms with Gasteiger partial charge in [0.1, 0.15) is 5.82 Å². The van der Waals surface area contributed by atoms with Crippen LogP contribution in [0.3, 0.4) is 0 Å². The van der Waals surface area contributed by atoms with Gasteiger partial charge < -0.3 is 16.0 Å². The third-order valence-electron chi connectivity index (χ3n) is 5.01. The van der Waals surface area contributed by atoms with Gasteiger partial charge in [-0.15, -0.1) is 0 Å². The number of hydrogen-bond donors (Lipinski definition) is 2. The van der Waals surface area contributed by atoms with Crippen LogP contribution in [0, 0.1) is 6.92 Å². The van der Waals surface area contributed by atoms with Crippen LogP contribution in [-0.4, -0.2) is 42.9 Å². The lowest BCUT2D eigenvalue weighted by atomic mass is 9.95. The number of benzene rings is 1. The summed E-state index contributed by atoms with van der Waals surface area (Å²) in [6, 6.07) is 7.85. The maximum Gasteiger partial charge on any atom is 0.313 e. The first-order valence-corrected chi connectivity index (χ1v) is 11.2. The van der Waals surface area contributed by atoms with Crippen molar-refractivity contribution in [1.82, 2.24) is 9.88 Å². The Kier molecular flexibility index (Phi) is 5.88. The van der Waals surface area contributed by atoms with Crippen LogP contribution in [0.1, 0.15) is 36.4 Å². The van der Waals surface area contributed by atoms with Gasteiger partial charge in [-0.05, 0) is 55.5 Å². The number of carbonyl (C=O) groups is 2. The van der Waals surface area contributed by atoms with Crippen molar-refractivity contribution in [3.8, 4) is 0 Å². The molecular formula is C20H24N4O4S. The van der Waals surface area contributed by atoms with Crippen molar-refractivity contribution in [2.75, 3.05) is 23.9 Å². The standard InChI is InChI=1S/C20H24N4O4S/c1-13-10-15(12-22-18(13)21)23-19(25)20(26)24-9-4-3-8-17(24)14-6-5-7-16(11-14)29(2,27)28/h5-7,10-12,17H,3-4,8-9H2,1-2H3,(H2,21,22)(H,23,25)/t17-/m0/s1. The van der Waals surface area contributed by atoms with Crippen LogP contribution in [0.5, 0.6) is 0 Å². The number of aryl methyl sites for hydroxylation is 1. The largest absolute Gasteiger partial charge is 0.383 e. The van der Waals surface area contributed by atoms with Gasteiger partial charge in [0.2, 0.25) is 0 Å². The summed E-state index contributed by atoms with van der Waals surface area (Å²) in [5, 5.41) is 2.57. The highest BCUT2D eigenvalue weighted by Crippen LogP contribution is 2.32. The number of carbonyl (C=O) groups excluding carboxylic acids is 2. The molecule has 2 amide bonds. The third-order valence-corrected chi connectivity index (χ3v) is 6.12. The molecular weight excluding hydrogens is 392 g/mol. The van der Waals surface area contributed by atoms with Crippen molar-refractivity contribution in [2.45, 2.75) is 37.1 Å². The molecule has 0 bridgehead atoms. The summed E-state index contributed by atoms with van der Waals surface area (Å²) in [6.07, 6.45) is 4.88. The van der Waals surface area contributed by atoms with Crippen LogP contribution in [0.4, 0.5) is 11.5 Å². The number of nitrogens with two attached hydrogens (primary N) is 1. The molecule has 3 N–H and O–H groups in total. The molecule has 2 aromatic rings. The predicted molar refractivity (Wildman–Crippen MR) is 110 cm³/mol. The molecule has 0 saturated carbocycles. The fourth-order valence-corrected chi connectivity index (χ4v) is 4.12. The summed E-state index contributed by atoms with van der Waals surface area (Å²) < 4.78 is 23.8. The van der Waals surface area contributed by atoms with Crippen molar-refractivity contribution < 1.29 is 18.0 Å². The highest BCUT2D eigenvalue weighted by atomic mass is 32.2. The lowest BCUT2D eigenvalue weighted by Crippen LogP contribution is -2.44. The van der Waals surface area contributed by atoms with Gasteiger partial charge in [0.05, 0.1) is 22.8 Å². The molecule has 1 aromatic carbocycles. The highest BCUT2D eigenvalue weighted by molar-refractivity contribution is 7.90. The first-order chi connectivity index (χ1) is 13.7. The van der Waals surface area contributed by atoms with E-state index in [1.807, 2.05) is 0 Å². The number of sulfone groups is 1. The quantitative estimate of drug-likeness (QED) is 0.739. The van der Waals surface area contributed by atoms with Crippen molar-refractivity contribution in [3.05, 3.63) is 47.7 Å². The Bertz CT molecular complexity index is 1050. The van der Waals surface area contributed by atoms with Crippen LogP contribution in [0.25, 0.3) is 0 Å². The van der Waals surface area contributed by atoms with E-state index in [9.17, 15) is 18.0 Å².